The number of phenols is 1. The molecule has 21 N–H and O–H groups in total. The van der Waals surface area contributed by atoms with Gasteiger partial charge in [0.15, 0.2) is 0 Å². The van der Waals surface area contributed by atoms with Crippen LogP contribution in [0.4, 0.5) is 5.82 Å². The number of rotatable bonds is 39. The minimum Gasteiger partial charge on any atom is -0.508 e. The van der Waals surface area contributed by atoms with Gasteiger partial charge in [-0.15, -0.1) is 22.7 Å². The summed E-state index contributed by atoms with van der Waals surface area (Å²) in [6.07, 6.45) is 4.72. The number of hydrogen-bond donors (Lipinski definition) is 16. The Morgan fingerprint density at radius 2 is 1.44 bits per heavy atom. The summed E-state index contributed by atoms with van der Waals surface area (Å²) in [7, 11) is 0. The Morgan fingerprint density at radius 1 is 0.753 bits per heavy atom. The zero-order valence-electron chi connectivity index (χ0n) is 49.6. The van der Waals surface area contributed by atoms with Gasteiger partial charge in [0.1, 0.15) is 55.9 Å². The van der Waals surface area contributed by atoms with Gasteiger partial charge in [-0.1, -0.05) is 61.0 Å². The first-order valence-electron chi connectivity index (χ1n) is 29.1. The van der Waals surface area contributed by atoms with Crippen LogP contribution in [0.5, 0.6) is 5.75 Å². The van der Waals surface area contributed by atoms with E-state index in [-0.39, 0.29) is 79.0 Å². The molecule has 28 nitrogen and oxygen atoms in total. The summed E-state index contributed by atoms with van der Waals surface area (Å²) in [5.74, 6) is -6.50. The highest BCUT2D eigenvalue weighted by Crippen LogP contribution is 2.34. The molecule has 0 aliphatic heterocycles. The fourth-order valence-electron chi connectivity index (χ4n) is 9.07. The molecule has 0 radical (unpaired) electrons. The highest BCUT2D eigenvalue weighted by molar-refractivity contribution is 7.17. The SMILES string of the molecule is Cc1c(N)nc([C@H](CC(N)=O)NC[C@H](N)C(N)=O)nc1C(=O)N[C@@H](Cc1cnc[nH]1)C(=O)N[C@H](Cc1ccccc1)[C@@H](O)[C@H](C)C(=O)N[C@@H](Cc1ccc(O)cc1)C(=O)NCCc1nc(-c2nc(C(=O)NCCCNCCCCNCCCN)cs2)c(Cl)s1. The molecule has 6 rings (SSSR count). The van der Waals surface area contributed by atoms with Crippen LogP contribution in [0.15, 0.2) is 72.5 Å². The number of benzene rings is 2. The Labute approximate surface area is 527 Å². The van der Waals surface area contributed by atoms with Crippen molar-refractivity contribution in [1.82, 2.24) is 72.4 Å². The van der Waals surface area contributed by atoms with E-state index in [2.05, 4.69) is 72.4 Å². The molecule has 0 bridgehead atoms. The van der Waals surface area contributed by atoms with Crippen molar-refractivity contribution in [2.45, 2.75) is 108 Å². The predicted octanol–water partition coefficient (Wildman–Crippen LogP) is -0.0719. The van der Waals surface area contributed by atoms with E-state index >= 15 is 0 Å². The number of carbonyl (C=O) groups is 7. The molecule has 0 saturated heterocycles. The van der Waals surface area contributed by atoms with Gasteiger partial charge in [-0.2, -0.15) is 0 Å². The molecule has 4 aromatic heterocycles. The number of aromatic amines is 1. The van der Waals surface area contributed by atoms with Crippen molar-refractivity contribution in [2.75, 3.05) is 58.1 Å². The molecule has 0 unspecified atom stereocenters. The minimum absolute atomic E-state index is 0.00195. The number of nitrogens with two attached hydrogens (primary N) is 5. The van der Waals surface area contributed by atoms with Gasteiger partial charge in [0.2, 0.25) is 29.5 Å². The molecular formula is C58H80ClN19O9S2. The van der Waals surface area contributed by atoms with Crippen molar-refractivity contribution in [1.29, 1.82) is 0 Å². The van der Waals surface area contributed by atoms with E-state index in [9.17, 15) is 43.8 Å². The zero-order valence-corrected chi connectivity index (χ0v) is 51.9. The van der Waals surface area contributed by atoms with Gasteiger partial charge in [0.25, 0.3) is 11.8 Å². The number of hydrogen-bond acceptors (Lipinski definition) is 22. The number of aromatic nitrogens is 6. The van der Waals surface area contributed by atoms with Crippen molar-refractivity contribution in [3.63, 3.8) is 0 Å². The number of primary amides is 2. The van der Waals surface area contributed by atoms with Crippen LogP contribution in [-0.4, -0.2) is 164 Å². The number of unbranched alkanes of at least 4 members (excludes halogenated alkanes) is 1. The Bertz CT molecular complexity index is 3270. The maximum Gasteiger partial charge on any atom is 0.271 e. The molecule has 0 saturated carbocycles. The molecular weight excluding hydrogens is 1210 g/mol. The summed E-state index contributed by atoms with van der Waals surface area (Å²) in [6.45, 7) is 7.48. The Balaban J connectivity index is 1.11. The van der Waals surface area contributed by atoms with Gasteiger partial charge in [-0.05, 0) is 95.0 Å². The average molecular weight is 1290 g/mol. The molecule has 89 heavy (non-hydrogen) atoms. The number of H-pyrrole nitrogens is 1. The maximum atomic E-state index is 14.7. The molecule has 31 heteroatoms. The van der Waals surface area contributed by atoms with Gasteiger partial charge in [0.05, 0.1) is 41.5 Å². The van der Waals surface area contributed by atoms with Crippen LogP contribution < -0.4 is 71.2 Å². The molecule has 2 aromatic carbocycles. The second kappa shape index (κ2) is 35.8. The van der Waals surface area contributed by atoms with Crippen molar-refractivity contribution in [2.24, 2.45) is 28.9 Å². The third-order valence-electron chi connectivity index (χ3n) is 14.2. The number of nitrogens with zero attached hydrogens (tertiary/aromatic N) is 5. The topological polar surface area (TPSA) is 467 Å². The smallest absolute Gasteiger partial charge is 0.271 e. The summed E-state index contributed by atoms with van der Waals surface area (Å²) in [6, 6.07) is 8.93. The molecule has 7 atom stereocenters. The number of anilines is 1. The molecule has 0 fully saturated rings. The third kappa shape index (κ3) is 22.5. The van der Waals surface area contributed by atoms with Crippen molar-refractivity contribution >= 4 is 81.4 Å². The summed E-state index contributed by atoms with van der Waals surface area (Å²) >= 11 is 9.09. The van der Waals surface area contributed by atoms with Crippen LogP contribution in [0.1, 0.15) is 99.3 Å². The van der Waals surface area contributed by atoms with Crippen LogP contribution in [0.25, 0.3) is 10.7 Å². The molecule has 6 aromatic rings. The van der Waals surface area contributed by atoms with Crippen LogP contribution >= 0.6 is 34.3 Å². The average Bonchev–Trinajstić information content (AvgIpc) is 2.03. The first-order valence-corrected chi connectivity index (χ1v) is 31.2. The molecule has 0 aliphatic rings. The van der Waals surface area contributed by atoms with E-state index < -0.39 is 84.1 Å². The number of nitrogens with one attached hydrogen (secondary N) is 9. The van der Waals surface area contributed by atoms with Crippen molar-refractivity contribution < 1.29 is 43.8 Å². The van der Waals surface area contributed by atoms with Gasteiger partial charge in [-0.3, -0.25) is 33.6 Å². The van der Waals surface area contributed by atoms with Gasteiger partial charge in [-0.25, -0.2) is 24.9 Å². The molecule has 7 amide bonds. The van der Waals surface area contributed by atoms with E-state index in [1.807, 2.05) is 0 Å². The fraction of sp³-hybridized carbons (Fsp3) is 0.448. The number of aromatic hydroxyl groups is 1. The lowest BCUT2D eigenvalue weighted by atomic mass is 9.91. The first-order chi connectivity index (χ1) is 42.7. The summed E-state index contributed by atoms with van der Waals surface area (Å²) in [4.78, 5) is 119. The molecule has 480 valence electrons. The van der Waals surface area contributed by atoms with Gasteiger partial charge in [0, 0.05) is 68.2 Å². The Hall–Kier alpha value is -8.07. The van der Waals surface area contributed by atoms with Crippen LogP contribution in [0, 0.1) is 12.8 Å². The number of nitrogen functional groups attached to an aromatic ring is 1. The number of halogens is 1. The third-order valence-corrected chi connectivity index (χ3v) is 16.4. The monoisotopic (exact) mass is 1290 g/mol. The normalized spacial score (nSPS) is 13.7. The number of phenolic OH excluding ortho intramolecular Hbond substituents is 1. The van der Waals surface area contributed by atoms with Gasteiger partial charge < -0.3 is 86.4 Å². The van der Waals surface area contributed by atoms with E-state index in [1.54, 1.807) is 47.8 Å². The standard InChI is InChI=1S/C58H80ClN19O9S2/c1-32-46(77-52(78-50(32)63)40(27-44(62)80)70-29-38(61)51(64)82)57(87)74-42(26-36-28-67-31-71-36)56(86)72-39(24-34-10-4-3-5-11-34)48(81)33(2)53(83)73-41(25-35-12-14-37(79)15-13-35)54(84)69-23-16-45-76-47(49(59)89-45)58-75-43(30-88-58)55(85)68-22-9-21-66-19-7-6-18-65-20-8-17-60/h3-5,10-15,28,30-31,33,38-42,48,65-66,70,79,81H,6-9,16-27,29,60-61H2,1-2H3,(H2,62,80)(H2,64,82)(H,67,71)(H,68,85)(H,69,84)(H,72,86)(H,73,83)(H,74,87)(H2,63,77,78)/t33-,38-,39+,40-,41-,42-,48-/m0/s1. The highest BCUT2D eigenvalue weighted by Gasteiger charge is 2.36. The van der Waals surface area contributed by atoms with Gasteiger partial charge >= 0.3 is 0 Å². The predicted molar refractivity (Wildman–Crippen MR) is 338 cm³/mol. The van der Waals surface area contributed by atoms with Crippen LogP contribution in [0.2, 0.25) is 4.34 Å². The highest BCUT2D eigenvalue weighted by atomic mass is 35.5. The number of carbonyl (C=O) groups excluding carboxylic acids is 7. The number of aliphatic hydroxyl groups is 1. The summed E-state index contributed by atoms with van der Waals surface area (Å²) in [5.41, 5.74) is 30.6. The van der Waals surface area contributed by atoms with Crippen LogP contribution in [-0.2, 0) is 49.7 Å². The van der Waals surface area contributed by atoms with E-state index in [0.717, 1.165) is 51.9 Å². The van der Waals surface area contributed by atoms with E-state index in [4.69, 9.17) is 40.3 Å². The number of aliphatic hydroxyl groups excluding tert-OH is 1. The fourth-order valence-corrected chi connectivity index (χ4v) is 11.2. The molecule has 0 spiro atoms. The summed E-state index contributed by atoms with van der Waals surface area (Å²) < 4.78 is 0.348. The zero-order chi connectivity index (χ0) is 64.4. The van der Waals surface area contributed by atoms with Crippen LogP contribution in [0.3, 0.4) is 0 Å². The van der Waals surface area contributed by atoms with E-state index in [1.165, 1.54) is 61.2 Å². The second-order valence-electron chi connectivity index (χ2n) is 21.2. The maximum absolute atomic E-state index is 14.7. The Kier molecular flexibility index (Phi) is 28.2. The lowest BCUT2D eigenvalue weighted by Gasteiger charge is -2.31. The first kappa shape index (κ1) is 70.0. The number of amides is 7. The summed E-state index contributed by atoms with van der Waals surface area (Å²) in [5, 5.41) is 48.7. The van der Waals surface area contributed by atoms with E-state index in [0.29, 0.717) is 50.0 Å². The second-order valence-corrected chi connectivity index (χ2v) is 23.7. The largest absolute Gasteiger partial charge is 0.508 e. The Morgan fingerprint density at radius 3 is 2.11 bits per heavy atom. The van der Waals surface area contributed by atoms with Crippen molar-refractivity contribution in [3.8, 4) is 16.5 Å². The molecule has 4 heterocycles. The quantitative estimate of drug-likeness (QED) is 0.0225. The number of thiazole rings is 2. The van der Waals surface area contributed by atoms with Crippen molar-refractivity contribution in [3.05, 3.63) is 121 Å². The molecule has 0 aliphatic carbocycles. The lowest BCUT2D eigenvalue weighted by Crippen LogP contribution is -2.57. The number of imidazole rings is 1. The lowest BCUT2D eigenvalue weighted by molar-refractivity contribution is -0.134. The minimum atomic E-state index is -1.61.